The van der Waals surface area contributed by atoms with Crippen LogP contribution in [0.15, 0.2) is 9.59 Å². The summed E-state index contributed by atoms with van der Waals surface area (Å²) in [4.78, 5) is 27.6. The molecule has 3 aliphatic rings. The van der Waals surface area contributed by atoms with Crippen molar-refractivity contribution >= 4 is 0 Å². The van der Waals surface area contributed by atoms with Crippen molar-refractivity contribution in [3.63, 3.8) is 0 Å². The van der Waals surface area contributed by atoms with Crippen molar-refractivity contribution in [3.8, 4) is 5.88 Å². The smallest absolute Gasteiger partial charge is 0.328 e. The fourth-order valence-corrected chi connectivity index (χ4v) is 2.86. The molecule has 4 atom stereocenters. The number of H-pyrrole nitrogens is 2. The molecular formula is C10H10N2O6. The summed E-state index contributed by atoms with van der Waals surface area (Å²) in [5, 5.41) is 10.3. The topological polar surface area (TPSA) is 114 Å². The fraction of sp³-hybridized carbons (Fsp3) is 0.600. The molecule has 0 aromatic carbocycles. The zero-order valence-electron chi connectivity index (χ0n) is 9.13. The van der Waals surface area contributed by atoms with E-state index in [1.165, 1.54) is 0 Å². The zero-order chi connectivity index (χ0) is 12.5. The summed E-state index contributed by atoms with van der Waals surface area (Å²) in [5.74, 6) is -1.99. The van der Waals surface area contributed by atoms with Gasteiger partial charge in [0.2, 0.25) is 12.2 Å². The molecule has 18 heavy (non-hydrogen) atoms. The maximum atomic E-state index is 11.8. The van der Waals surface area contributed by atoms with E-state index < -0.39 is 23.3 Å². The van der Waals surface area contributed by atoms with Crippen molar-refractivity contribution in [2.45, 2.75) is 30.5 Å². The molecule has 1 aromatic heterocycles. The van der Waals surface area contributed by atoms with Gasteiger partial charge in [-0.05, 0) is 0 Å². The number of hydrogen-bond donors (Lipinski definition) is 3. The number of rotatable bonds is 0. The van der Waals surface area contributed by atoms with Gasteiger partial charge in [-0.3, -0.25) is 14.8 Å². The maximum Gasteiger partial charge on any atom is 0.328 e. The lowest BCUT2D eigenvalue weighted by molar-refractivity contribution is -0.305. The Hall–Kier alpha value is -1.64. The highest BCUT2D eigenvalue weighted by molar-refractivity contribution is 5.33. The molecule has 0 saturated carbocycles. The molecule has 4 bridgehead atoms. The molecule has 0 aliphatic carbocycles. The van der Waals surface area contributed by atoms with Crippen molar-refractivity contribution in [3.05, 3.63) is 26.4 Å². The van der Waals surface area contributed by atoms with Crippen LogP contribution in [-0.4, -0.2) is 39.9 Å². The molecule has 2 fully saturated rings. The molecule has 96 valence electrons. The molecule has 8 nitrogen and oxygen atoms in total. The van der Waals surface area contributed by atoms with Crippen LogP contribution in [-0.2, 0) is 9.47 Å². The van der Waals surface area contributed by atoms with Gasteiger partial charge in [-0.25, -0.2) is 4.79 Å². The molecule has 0 radical (unpaired) electrons. The van der Waals surface area contributed by atoms with Crippen LogP contribution in [0.3, 0.4) is 0 Å². The van der Waals surface area contributed by atoms with E-state index in [4.69, 9.17) is 14.2 Å². The molecular weight excluding hydrogens is 244 g/mol. The van der Waals surface area contributed by atoms with Crippen LogP contribution in [0.5, 0.6) is 5.88 Å². The molecule has 4 rings (SSSR count). The number of fused-ring (bicyclic) bond motifs is 8. The fourth-order valence-electron chi connectivity index (χ4n) is 2.86. The standard InChI is InChI=1S/C10H10N2O6/c13-6-5-3-1-10(15,8-16-2-4(3)17-8)18-7(5)12-9(14)11-6/h3-4,8,15H,1-2H2,(H2,11,12,13,14). The number of aliphatic hydroxyl groups is 1. The summed E-state index contributed by atoms with van der Waals surface area (Å²) in [7, 11) is 0. The third kappa shape index (κ3) is 1.14. The molecule has 0 spiro atoms. The molecule has 3 N–H and O–H groups in total. The molecule has 3 aliphatic heterocycles. The molecule has 1 aromatic rings. The van der Waals surface area contributed by atoms with Crippen molar-refractivity contribution in [1.29, 1.82) is 0 Å². The largest absolute Gasteiger partial charge is 0.441 e. The van der Waals surface area contributed by atoms with Crippen molar-refractivity contribution in [2.24, 2.45) is 0 Å². The van der Waals surface area contributed by atoms with Gasteiger partial charge in [0.15, 0.2) is 0 Å². The van der Waals surface area contributed by atoms with Crippen LogP contribution >= 0.6 is 0 Å². The van der Waals surface area contributed by atoms with Crippen LogP contribution in [0.25, 0.3) is 0 Å². The number of aromatic amines is 2. The second-order valence-corrected chi connectivity index (χ2v) is 4.75. The Bertz CT molecular complexity index is 636. The first-order valence-electron chi connectivity index (χ1n) is 5.62. The summed E-state index contributed by atoms with van der Waals surface area (Å²) in [6, 6.07) is 0. The third-order valence-electron chi connectivity index (χ3n) is 3.63. The van der Waals surface area contributed by atoms with Gasteiger partial charge in [-0.1, -0.05) is 0 Å². The van der Waals surface area contributed by atoms with Gasteiger partial charge >= 0.3 is 5.69 Å². The zero-order valence-corrected chi connectivity index (χ0v) is 9.13. The first-order valence-corrected chi connectivity index (χ1v) is 5.62. The summed E-state index contributed by atoms with van der Waals surface area (Å²) in [6.07, 6.45) is -0.968. The van der Waals surface area contributed by atoms with Crippen LogP contribution in [0.1, 0.15) is 17.9 Å². The molecule has 4 heterocycles. The van der Waals surface area contributed by atoms with Crippen molar-refractivity contribution in [2.75, 3.05) is 6.61 Å². The van der Waals surface area contributed by atoms with Crippen LogP contribution in [0.4, 0.5) is 0 Å². The van der Waals surface area contributed by atoms with Gasteiger partial charge in [0.05, 0.1) is 18.3 Å². The first kappa shape index (κ1) is 10.3. The molecule has 2 saturated heterocycles. The van der Waals surface area contributed by atoms with E-state index in [-0.39, 0.29) is 24.3 Å². The average molecular weight is 254 g/mol. The minimum atomic E-state index is -1.65. The monoisotopic (exact) mass is 254 g/mol. The second-order valence-electron chi connectivity index (χ2n) is 4.75. The quantitative estimate of drug-likeness (QED) is 0.512. The van der Waals surface area contributed by atoms with Gasteiger partial charge < -0.3 is 19.3 Å². The van der Waals surface area contributed by atoms with Crippen LogP contribution in [0.2, 0.25) is 0 Å². The predicted octanol–water partition coefficient (Wildman–Crippen LogP) is -1.63. The molecule has 0 amide bonds. The maximum absolute atomic E-state index is 11.8. The van der Waals surface area contributed by atoms with Gasteiger partial charge in [-0.2, -0.15) is 0 Å². The molecule has 4 unspecified atom stereocenters. The Kier molecular flexibility index (Phi) is 1.73. The minimum Gasteiger partial charge on any atom is -0.441 e. The Morgan fingerprint density at radius 1 is 1.33 bits per heavy atom. The highest BCUT2D eigenvalue weighted by Crippen LogP contribution is 2.48. The van der Waals surface area contributed by atoms with E-state index in [0.29, 0.717) is 12.2 Å². The number of ether oxygens (including phenoxy) is 3. The number of hydrogen-bond acceptors (Lipinski definition) is 6. The van der Waals surface area contributed by atoms with Crippen molar-refractivity contribution in [1.82, 2.24) is 9.97 Å². The van der Waals surface area contributed by atoms with E-state index in [9.17, 15) is 14.7 Å². The Balaban J connectivity index is 1.98. The van der Waals surface area contributed by atoms with Gasteiger partial charge in [0, 0.05) is 12.3 Å². The van der Waals surface area contributed by atoms with Crippen LogP contribution < -0.4 is 16.0 Å². The Labute approximate surface area is 99.5 Å². The second kappa shape index (κ2) is 3.02. The summed E-state index contributed by atoms with van der Waals surface area (Å²) < 4.78 is 16.1. The van der Waals surface area contributed by atoms with E-state index in [0.717, 1.165) is 0 Å². The number of nitrogens with one attached hydrogen (secondary N) is 2. The van der Waals surface area contributed by atoms with E-state index >= 15 is 0 Å². The predicted molar refractivity (Wildman–Crippen MR) is 55.2 cm³/mol. The van der Waals surface area contributed by atoms with E-state index in [2.05, 4.69) is 9.97 Å². The Morgan fingerprint density at radius 3 is 3.00 bits per heavy atom. The van der Waals surface area contributed by atoms with Gasteiger partial charge in [0.1, 0.15) is 0 Å². The van der Waals surface area contributed by atoms with Gasteiger partial charge in [0.25, 0.3) is 11.3 Å². The summed E-state index contributed by atoms with van der Waals surface area (Å²) in [6.45, 7) is 0.291. The number of aromatic nitrogens is 2. The van der Waals surface area contributed by atoms with Crippen LogP contribution in [0, 0.1) is 0 Å². The SMILES string of the molecule is O=c1[nH]c2c(c(=O)[nH]1)C1CC(O)(O2)C2OCC1O2. The highest BCUT2D eigenvalue weighted by Gasteiger charge is 2.59. The van der Waals surface area contributed by atoms with E-state index in [1.54, 1.807) is 0 Å². The lowest BCUT2D eigenvalue weighted by Gasteiger charge is -2.43. The first-order chi connectivity index (χ1) is 8.57. The minimum absolute atomic E-state index is 0.00583. The van der Waals surface area contributed by atoms with Gasteiger partial charge in [-0.15, -0.1) is 0 Å². The lowest BCUT2D eigenvalue weighted by Crippen LogP contribution is -2.57. The average Bonchev–Trinajstić information content (AvgIpc) is 2.72. The third-order valence-corrected chi connectivity index (χ3v) is 3.63. The highest BCUT2D eigenvalue weighted by atomic mass is 16.8. The normalized spacial score (nSPS) is 40.2. The van der Waals surface area contributed by atoms with E-state index in [1.807, 2.05) is 0 Å². The lowest BCUT2D eigenvalue weighted by atomic mass is 9.84. The van der Waals surface area contributed by atoms with Crippen molar-refractivity contribution < 1.29 is 19.3 Å². The summed E-state index contributed by atoms with van der Waals surface area (Å²) in [5.41, 5.74) is -0.889. The Morgan fingerprint density at radius 2 is 2.17 bits per heavy atom. The summed E-state index contributed by atoms with van der Waals surface area (Å²) >= 11 is 0. The molecule has 8 heteroatoms.